The molecule has 0 spiro atoms. The lowest BCUT2D eigenvalue weighted by molar-refractivity contribution is -0.472. The summed E-state index contributed by atoms with van der Waals surface area (Å²) in [5.41, 5.74) is -8.89. The molecular weight excluding hydrogens is 672 g/mol. The second kappa shape index (κ2) is 11.0. The van der Waals surface area contributed by atoms with Crippen molar-refractivity contribution in [2.24, 2.45) is 0 Å². The lowest BCUT2D eigenvalue weighted by Gasteiger charge is -2.45. The molecule has 0 aliphatic heterocycles. The lowest BCUT2D eigenvalue weighted by atomic mass is 9.83. The van der Waals surface area contributed by atoms with Crippen LogP contribution >= 0.6 is 7.82 Å². The molecular formula is C14H10F19O7P. The molecule has 0 bridgehead atoms. The maximum atomic E-state index is 14.0. The number of hydrogen-bond donors (Lipinski definition) is 3. The number of rotatable bonds is 14. The summed E-state index contributed by atoms with van der Waals surface area (Å²) < 4.78 is 271. The first-order chi connectivity index (χ1) is 17.5. The molecule has 1 atom stereocenters. The van der Waals surface area contributed by atoms with Crippen LogP contribution in [0, 0.1) is 0 Å². The van der Waals surface area contributed by atoms with Crippen molar-refractivity contribution in [3.63, 3.8) is 0 Å². The Hall–Kier alpha value is -1.79. The Kier molecular flexibility index (Phi) is 10.6. The summed E-state index contributed by atoms with van der Waals surface area (Å²) in [7, 11) is -5.85. The molecule has 41 heavy (non-hydrogen) atoms. The van der Waals surface area contributed by atoms with E-state index in [9.17, 15) is 92.8 Å². The first-order valence-corrected chi connectivity index (χ1v) is 10.7. The summed E-state index contributed by atoms with van der Waals surface area (Å²) in [5, 5.41) is 8.31. The summed E-state index contributed by atoms with van der Waals surface area (Å²) in [5.74, 6) is -54.0. The fraction of sp³-hybridized carbons (Fsp3) is 0.929. The molecule has 0 fully saturated rings. The fourth-order valence-corrected chi connectivity index (χ4v) is 2.86. The standard InChI is InChI=1S/C14H10F19O7P/c15-6(16,1-4(39-3-5(34)35)2-40-41(36,37)38)8(18,19)10(22,23)12(26,27)11(24,25)9(20,21)7(17,13(28,29)30)14(31,32)33/h4H,1-3H2,(H,34,35)(H2,36,37,38). The zero-order valence-corrected chi connectivity index (χ0v) is 19.2. The molecule has 0 saturated carbocycles. The third-order valence-corrected chi connectivity index (χ3v) is 5.09. The molecule has 27 heteroatoms. The summed E-state index contributed by atoms with van der Waals surface area (Å²) in [6, 6.07) is 0. The average Bonchev–Trinajstić information content (AvgIpc) is 2.71. The van der Waals surface area contributed by atoms with Crippen LogP contribution in [-0.2, 0) is 18.6 Å². The summed E-state index contributed by atoms with van der Waals surface area (Å²) in [6.45, 7) is -4.16. The van der Waals surface area contributed by atoms with Crippen LogP contribution < -0.4 is 0 Å². The van der Waals surface area contributed by atoms with Gasteiger partial charge in [0.05, 0.1) is 12.7 Å². The molecule has 0 aromatic carbocycles. The number of carbonyl (C=O) groups is 1. The smallest absolute Gasteiger partial charge is 0.469 e. The SMILES string of the molecule is O=C(O)COC(COP(=O)(O)O)CC(F)(F)C(F)(F)C(F)(F)C(F)(F)C(F)(F)C(F)(F)C(F)(C(F)(F)F)C(F)(F)F. The van der Waals surface area contributed by atoms with Gasteiger partial charge in [0.2, 0.25) is 0 Å². The number of phosphoric ester groups is 1. The Labute approximate surface area is 211 Å². The molecule has 3 N–H and O–H groups in total. The van der Waals surface area contributed by atoms with Crippen molar-refractivity contribution in [2.45, 2.75) is 66.1 Å². The van der Waals surface area contributed by atoms with Crippen molar-refractivity contribution in [2.75, 3.05) is 13.2 Å². The number of carboxylic acid groups (broad SMARTS) is 1. The van der Waals surface area contributed by atoms with E-state index >= 15 is 0 Å². The molecule has 246 valence electrons. The molecule has 0 rings (SSSR count). The van der Waals surface area contributed by atoms with Crippen LogP contribution in [0.1, 0.15) is 6.42 Å². The highest BCUT2D eigenvalue weighted by Crippen LogP contribution is 2.66. The zero-order valence-electron chi connectivity index (χ0n) is 18.3. The van der Waals surface area contributed by atoms with E-state index in [1.165, 1.54) is 0 Å². The number of alkyl halides is 19. The second-order valence-corrected chi connectivity index (χ2v) is 8.79. The molecule has 0 aliphatic rings. The molecule has 0 radical (unpaired) electrons. The molecule has 1 unspecified atom stereocenters. The van der Waals surface area contributed by atoms with Crippen molar-refractivity contribution in [3.05, 3.63) is 0 Å². The van der Waals surface area contributed by atoms with Crippen molar-refractivity contribution < 1.29 is 117 Å². The van der Waals surface area contributed by atoms with E-state index in [1.807, 2.05) is 0 Å². The minimum atomic E-state index is -9.22. The number of hydrogen-bond acceptors (Lipinski definition) is 4. The van der Waals surface area contributed by atoms with Crippen LogP contribution in [0.25, 0.3) is 0 Å². The highest BCUT2D eigenvalue weighted by molar-refractivity contribution is 7.46. The molecule has 0 aliphatic carbocycles. The lowest BCUT2D eigenvalue weighted by Crippen LogP contribution is -2.77. The molecule has 0 heterocycles. The molecule has 0 aromatic rings. The first kappa shape index (κ1) is 39.2. The minimum Gasteiger partial charge on any atom is -0.480 e. The van der Waals surface area contributed by atoms with E-state index < -0.39 is 93.1 Å². The Bertz CT molecular complexity index is 971. The van der Waals surface area contributed by atoms with Gasteiger partial charge in [-0.2, -0.15) is 79.0 Å². The van der Waals surface area contributed by atoms with Gasteiger partial charge in [-0.05, 0) is 0 Å². The van der Waals surface area contributed by atoms with E-state index in [0.29, 0.717) is 0 Å². The highest BCUT2D eigenvalue weighted by atomic mass is 31.2. The summed E-state index contributed by atoms with van der Waals surface area (Å²) in [4.78, 5) is 27.2. The van der Waals surface area contributed by atoms with Crippen LogP contribution in [0.4, 0.5) is 83.4 Å². The van der Waals surface area contributed by atoms with Crippen molar-refractivity contribution in [3.8, 4) is 0 Å². The van der Waals surface area contributed by atoms with Gasteiger partial charge in [0.15, 0.2) is 0 Å². The largest absolute Gasteiger partial charge is 0.480 e. The fourth-order valence-electron chi connectivity index (χ4n) is 2.50. The molecule has 0 saturated heterocycles. The van der Waals surface area contributed by atoms with Crippen molar-refractivity contribution in [1.29, 1.82) is 0 Å². The zero-order chi connectivity index (χ0) is 33.7. The monoisotopic (exact) mass is 682 g/mol. The van der Waals surface area contributed by atoms with Crippen LogP contribution in [0.3, 0.4) is 0 Å². The van der Waals surface area contributed by atoms with E-state index in [1.54, 1.807) is 0 Å². The van der Waals surface area contributed by atoms with Crippen LogP contribution in [0.15, 0.2) is 0 Å². The van der Waals surface area contributed by atoms with Gasteiger partial charge in [-0.3, -0.25) is 4.52 Å². The number of carboxylic acids is 1. The predicted molar refractivity (Wildman–Crippen MR) is 85.6 cm³/mol. The van der Waals surface area contributed by atoms with Gasteiger partial charge in [0.1, 0.15) is 6.61 Å². The van der Waals surface area contributed by atoms with Gasteiger partial charge >= 0.3 is 67.3 Å². The number of phosphoric acid groups is 1. The molecule has 0 aromatic heterocycles. The second-order valence-electron chi connectivity index (χ2n) is 7.55. The van der Waals surface area contributed by atoms with Gasteiger partial charge in [0.25, 0.3) is 0 Å². The van der Waals surface area contributed by atoms with E-state index in [0.717, 1.165) is 0 Å². The minimum absolute atomic E-state index is 1.96. The first-order valence-electron chi connectivity index (χ1n) is 9.12. The number of aliphatic carboxylic acids is 1. The Balaban J connectivity index is 6.91. The van der Waals surface area contributed by atoms with Crippen LogP contribution in [0.2, 0.25) is 0 Å². The van der Waals surface area contributed by atoms with Gasteiger partial charge in [-0.15, -0.1) is 0 Å². The Morgan fingerprint density at radius 3 is 1.29 bits per heavy atom. The summed E-state index contributed by atoms with van der Waals surface area (Å²) in [6.07, 6.45) is -23.5. The van der Waals surface area contributed by atoms with Gasteiger partial charge in [-0.25, -0.2) is 13.8 Å². The van der Waals surface area contributed by atoms with E-state index in [2.05, 4.69) is 9.26 Å². The molecule has 7 nitrogen and oxygen atoms in total. The van der Waals surface area contributed by atoms with Crippen LogP contribution in [-0.4, -0.2) is 93.7 Å². The normalized spacial score (nSPS) is 16.6. The molecule has 0 amide bonds. The van der Waals surface area contributed by atoms with Crippen molar-refractivity contribution in [1.82, 2.24) is 0 Å². The topological polar surface area (TPSA) is 113 Å². The van der Waals surface area contributed by atoms with Gasteiger partial charge in [0, 0.05) is 6.42 Å². The van der Waals surface area contributed by atoms with Crippen molar-refractivity contribution >= 4 is 13.8 Å². The van der Waals surface area contributed by atoms with E-state index in [4.69, 9.17) is 14.9 Å². The summed E-state index contributed by atoms with van der Waals surface area (Å²) >= 11 is 0. The number of ether oxygens (including phenoxy) is 1. The maximum Gasteiger partial charge on any atom is 0.469 e. The third kappa shape index (κ3) is 6.74. The highest BCUT2D eigenvalue weighted by Gasteiger charge is 2.98. The Morgan fingerprint density at radius 2 is 0.976 bits per heavy atom. The van der Waals surface area contributed by atoms with Gasteiger partial charge in [-0.1, -0.05) is 0 Å². The Morgan fingerprint density at radius 1 is 0.634 bits per heavy atom. The average molecular weight is 682 g/mol. The third-order valence-electron chi connectivity index (χ3n) is 4.61. The maximum absolute atomic E-state index is 14.0. The van der Waals surface area contributed by atoms with E-state index in [-0.39, 0.29) is 0 Å². The quantitative estimate of drug-likeness (QED) is 0.162. The van der Waals surface area contributed by atoms with Crippen LogP contribution in [0.5, 0.6) is 0 Å². The van der Waals surface area contributed by atoms with Gasteiger partial charge < -0.3 is 19.6 Å². The number of halogens is 19. The predicted octanol–water partition coefficient (Wildman–Crippen LogP) is 5.60.